The summed E-state index contributed by atoms with van der Waals surface area (Å²) in [7, 11) is 0. The molecule has 18 heavy (non-hydrogen) atoms. The van der Waals surface area contributed by atoms with Crippen molar-refractivity contribution >= 4 is 27.7 Å². The Bertz CT molecular complexity index is 557. The monoisotopic (exact) mass is 305 g/mol. The van der Waals surface area contributed by atoms with Crippen molar-refractivity contribution in [1.29, 1.82) is 0 Å². The minimum absolute atomic E-state index is 0.122. The third-order valence-corrected chi connectivity index (χ3v) is 3.19. The van der Waals surface area contributed by atoms with E-state index in [-0.39, 0.29) is 12.3 Å². The fraction of sp³-hybridized carbons (Fsp3) is 0.154. The summed E-state index contributed by atoms with van der Waals surface area (Å²) in [6.07, 6.45) is 1.92. The smallest absolute Gasteiger partial charge is 0.231 e. The number of amides is 1. The number of rotatable bonds is 3. The molecule has 2 aromatic rings. The lowest BCUT2D eigenvalue weighted by molar-refractivity contribution is -0.115. The number of pyridine rings is 2. The van der Waals surface area contributed by atoms with Crippen molar-refractivity contribution in [2.24, 2.45) is 0 Å². The molecule has 0 fully saturated rings. The highest BCUT2D eigenvalue weighted by molar-refractivity contribution is 9.10. The van der Waals surface area contributed by atoms with E-state index in [1.165, 1.54) is 0 Å². The van der Waals surface area contributed by atoms with Crippen LogP contribution in [0.1, 0.15) is 11.4 Å². The van der Waals surface area contributed by atoms with Crippen LogP contribution >= 0.6 is 15.9 Å². The number of nitrogens with one attached hydrogen (secondary N) is 1. The van der Waals surface area contributed by atoms with Crippen LogP contribution in [0.25, 0.3) is 0 Å². The first-order valence-electron chi connectivity index (χ1n) is 5.48. The van der Waals surface area contributed by atoms with Gasteiger partial charge in [0.15, 0.2) is 0 Å². The van der Waals surface area contributed by atoms with Crippen LogP contribution in [0.3, 0.4) is 0 Å². The van der Waals surface area contributed by atoms with E-state index in [0.29, 0.717) is 5.82 Å². The molecule has 1 N–H and O–H groups in total. The molecule has 2 aromatic heterocycles. The van der Waals surface area contributed by atoms with E-state index in [2.05, 4.69) is 31.2 Å². The number of carbonyl (C=O) groups excluding carboxylic acids is 1. The van der Waals surface area contributed by atoms with Gasteiger partial charge in [0.2, 0.25) is 5.91 Å². The van der Waals surface area contributed by atoms with Crippen molar-refractivity contribution in [2.45, 2.75) is 13.3 Å². The van der Waals surface area contributed by atoms with E-state index in [4.69, 9.17) is 0 Å². The first kappa shape index (κ1) is 12.7. The van der Waals surface area contributed by atoms with Crippen LogP contribution < -0.4 is 5.32 Å². The topological polar surface area (TPSA) is 54.9 Å². The van der Waals surface area contributed by atoms with Gasteiger partial charge in [-0.15, -0.1) is 0 Å². The van der Waals surface area contributed by atoms with Crippen LogP contribution in [-0.4, -0.2) is 15.9 Å². The molecule has 5 heteroatoms. The third-order valence-electron chi connectivity index (χ3n) is 2.36. The second-order valence-corrected chi connectivity index (χ2v) is 4.66. The molecular formula is C13H12BrN3O. The Morgan fingerprint density at radius 3 is 2.83 bits per heavy atom. The second kappa shape index (κ2) is 5.73. The molecule has 0 aliphatic rings. The SMILES string of the molecule is Cc1nc(NC(=O)Cc2ccccn2)ccc1Br. The summed E-state index contributed by atoms with van der Waals surface area (Å²) in [6.45, 7) is 1.87. The summed E-state index contributed by atoms with van der Waals surface area (Å²) < 4.78 is 0.922. The maximum atomic E-state index is 11.8. The number of halogens is 1. The van der Waals surface area contributed by atoms with Crippen LogP contribution in [-0.2, 0) is 11.2 Å². The highest BCUT2D eigenvalue weighted by atomic mass is 79.9. The molecule has 2 rings (SSSR count). The van der Waals surface area contributed by atoms with Crippen molar-refractivity contribution in [3.63, 3.8) is 0 Å². The summed E-state index contributed by atoms with van der Waals surface area (Å²) in [6, 6.07) is 9.12. The van der Waals surface area contributed by atoms with Crippen LogP contribution in [0, 0.1) is 6.92 Å². The Morgan fingerprint density at radius 1 is 1.33 bits per heavy atom. The Balaban J connectivity index is 2.01. The van der Waals surface area contributed by atoms with Crippen molar-refractivity contribution in [2.75, 3.05) is 5.32 Å². The normalized spacial score (nSPS) is 10.1. The van der Waals surface area contributed by atoms with E-state index in [0.717, 1.165) is 15.9 Å². The largest absolute Gasteiger partial charge is 0.310 e. The third kappa shape index (κ3) is 3.37. The Hall–Kier alpha value is -1.75. The maximum absolute atomic E-state index is 11.8. The number of aromatic nitrogens is 2. The molecule has 0 atom stereocenters. The lowest BCUT2D eigenvalue weighted by atomic mass is 10.2. The molecule has 0 bridgehead atoms. The molecule has 0 aromatic carbocycles. The highest BCUT2D eigenvalue weighted by Crippen LogP contribution is 2.16. The molecule has 0 saturated heterocycles. The molecule has 0 aliphatic heterocycles. The first-order chi connectivity index (χ1) is 8.65. The van der Waals surface area contributed by atoms with E-state index in [1.54, 1.807) is 12.3 Å². The number of hydrogen-bond donors (Lipinski definition) is 1. The van der Waals surface area contributed by atoms with Gasteiger partial charge in [0.1, 0.15) is 5.82 Å². The zero-order chi connectivity index (χ0) is 13.0. The molecule has 92 valence electrons. The van der Waals surface area contributed by atoms with Gasteiger partial charge in [-0.25, -0.2) is 4.98 Å². The highest BCUT2D eigenvalue weighted by Gasteiger charge is 2.06. The number of hydrogen-bond acceptors (Lipinski definition) is 3. The van der Waals surface area contributed by atoms with Crippen molar-refractivity contribution in [3.8, 4) is 0 Å². The van der Waals surface area contributed by atoms with Gasteiger partial charge in [-0.2, -0.15) is 0 Å². The summed E-state index contributed by atoms with van der Waals surface area (Å²) in [4.78, 5) is 20.1. The molecule has 1 amide bonds. The first-order valence-corrected chi connectivity index (χ1v) is 6.27. The standard InChI is InChI=1S/C13H12BrN3O/c1-9-11(14)5-6-12(16-9)17-13(18)8-10-4-2-3-7-15-10/h2-7H,8H2,1H3,(H,16,17,18). The summed E-state index contributed by atoms with van der Waals surface area (Å²) in [5.74, 6) is 0.430. The fourth-order valence-corrected chi connectivity index (χ4v) is 1.69. The average Bonchev–Trinajstić information content (AvgIpc) is 2.35. The zero-order valence-corrected chi connectivity index (χ0v) is 11.4. The van der Waals surface area contributed by atoms with Gasteiger partial charge >= 0.3 is 0 Å². The molecule has 0 spiro atoms. The van der Waals surface area contributed by atoms with Gasteiger partial charge in [-0.3, -0.25) is 9.78 Å². The van der Waals surface area contributed by atoms with Crippen LogP contribution in [0.15, 0.2) is 41.0 Å². The molecule has 0 saturated carbocycles. The number of nitrogens with zero attached hydrogens (tertiary/aromatic N) is 2. The van der Waals surface area contributed by atoms with E-state index < -0.39 is 0 Å². The van der Waals surface area contributed by atoms with Crippen molar-refractivity contribution in [3.05, 3.63) is 52.4 Å². The Labute approximate surface area is 114 Å². The lowest BCUT2D eigenvalue weighted by Crippen LogP contribution is -2.16. The predicted molar refractivity (Wildman–Crippen MR) is 73.2 cm³/mol. The molecule has 2 heterocycles. The van der Waals surface area contributed by atoms with E-state index >= 15 is 0 Å². The molecule has 0 radical (unpaired) electrons. The van der Waals surface area contributed by atoms with Crippen LogP contribution in [0.4, 0.5) is 5.82 Å². The fourth-order valence-electron chi connectivity index (χ4n) is 1.47. The van der Waals surface area contributed by atoms with Crippen molar-refractivity contribution in [1.82, 2.24) is 9.97 Å². The van der Waals surface area contributed by atoms with E-state index in [9.17, 15) is 4.79 Å². The Morgan fingerprint density at radius 2 is 2.17 bits per heavy atom. The summed E-state index contributed by atoms with van der Waals surface area (Å²) >= 11 is 3.36. The molecule has 4 nitrogen and oxygen atoms in total. The van der Waals surface area contributed by atoms with Gasteiger partial charge in [0, 0.05) is 16.4 Å². The number of anilines is 1. The quantitative estimate of drug-likeness (QED) is 0.948. The van der Waals surface area contributed by atoms with Gasteiger partial charge in [-0.1, -0.05) is 6.07 Å². The van der Waals surface area contributed by atoms with Gasteiger partial charge < -0.3 is 5.32 Å². The minimum atomic E-state index is -0.122. The van der Waals surface area contributed by atoms with E-state index in [1.807, 2.05) is 31.2 Å². The number of carbonyl (C=O) groups is 1. The Kier molecular flexibility index (Phi) is 4.04. The molecule has 0 unspecified atom stereocenters. The average molecular weight is 306 g/mol. The zero-order valence-electron chi connectivity index (χ0n) is 9.85. The minimum Gasteiger partial charge on any atom is -0.310 e. The van der Waals surface area contributed by atoms with Gasteiger partial charge in [0.25, 0.3) is 0 Å². The predicted octanol–water partition coefficient (Wildman–Crippen LogP) is 2.73. The maximum Gasteiger partial charge on any atom is 0.231 e. The lowest BCUT2D eigenvalue weighted by Gasteiger charge is -2.05. The second-order valence-electron chi connectivity index (χ2n) is 3.81. The van der Waals surface area contributed by atoms with Crippen LogP contribution in [0.2, 0.25) is 0 Å². The van der Waals surface area contributed by atoms with Gasteiger partial charge in [-0.05, 0) is 47.1 Å². The molecular weight excluding hydrogens is 294 g/mol. The van der Waals surface area contributed by atoms with Gasteiger partial charge in [0.05, 0.1) is 12.1 Å². The number of aryl methyl sites for hydroxylation is 1. The van der Waals surface area contributed by atoms with Crippen molar-refractivity contribution < 1.29 is 4.79 Å². The summed E-state index contributed by atoms with van der Waals surface area (Å²) in [5, 5.41) is 2.75. The molecule has 0 aliphatic carbocycles. The summed E-state index contributed by atoms with van der Waals surface area (Å²) in [5.41, 5.74) is 1.58. The van der Waals surface area contributed by atoms with Crippen LogP contribution in [0.5, 0.6) is 0 Å².